The van der Waals surface area contributed by atoms with Crippen LogP contribution in [0, 0.1) is 14.4 Å². The zero-order valence-corrected chi connectivity index (χ0v) is 4.01. The largest absolute Gasteiger partial charge is 2.00 e. The first-order valence-corrected chi connectivity index (χ1v) is 0.707. The fraction of sp³-hybridized carbons (Fsp3) is 0.333. The molecule has 0 aliphatic heterocycles. The van der Waals surface area contributed by atoms with Gasteiger partial charge in [-0.1, -0.05) is 0 Å². The van der Waals surface area contributed by atoms with E-state index in [1.54, 1.807) is 6.92 Å². The van der Waals surface area contributed by atoms with E-state index in [1.807, 2.05) is 0 Å². The third kappa shape index (κ3) is 22.8. The molecular formula is C3H8Ni. The zero-order chi connectivity index (χ0) is 2.00. The van der Waals surface area contributed by atoms with Gasteiger partial charge in [0.15, 0.2) is 0 Å². The maximum absolute atomic E-state index is 3.25. The number of hydrogen-bond donors (Lipinski definition) is 0. The van der Waals surface area contributed by atoms with Gasteiger partial charge >= 0.3 is 16.5 Å². The van der Waals surface area contributed by atoms with Gasteiger partial charge in [0, 0.05) is 0 Å². The Kier molecular flexibility index (Phi) is 548. The molecule has 0 nitrogen and oxygen atoms in total. The van der Waals surface area contributed by atoms with Crippen LogP contribution in [0.4, 0.5) is 0 Å². The molecule has 0 heterocycles. The average molecular weight is 103 g/mol. The van der Waals surface area contributed by atoms with Gasteiger partial charge in [-0.25, -0.2) is 0 Å². The van der Waals surface area contributed by atoms with E-state index in [9.17, 15) is 0 Å². The van der Waals surface area contributed by atoms with Crippen molar-refractivity contribution < 1.29 is 16.5 Å². The third-order valence-corrected chi connectivity index (χ3v) is 0. The van der Waals surface area contributed by atoms with Crippen molar-refractivity contribution in [3.8, 4) is 0 Å². The summed E-state index contributed by atoms with van der Waals surface area (Å²) in [7, 11) is 0. The second-order valence-electron chi connectivity index (χ2n) is 0. The molecule has 0 radical (unpaired) electrons. The topological polar surface area (TPSA) is 0 Å². The summed E-state index contributed by atoms with van der Waals surface area (Å²) in [6.45, 7) is 5.00. The molecule has 0 rings (SSSR count). The zero-order valence-electron chi connectivity index (χ0n) is 3.02. The standard InChI is InChI=1S/C2H5.CH3.Ni/c1-2;;/h1H2,2H3;1H3;/q2*-1;+2. The van der Waals surface area contributed by atoms with Gasteiger partial charge in [0.2, 0.25) is 0 Å². The van der Waals surface area contributed by atoms with Crippen LogP contribution in [-0.2, 0) is 16.5 Å². The molecule has 1 heteroatoms. The molecule has 0 aromatic carbocycles. The molecule has 0 unspecified atom stereocenters. The molecule has 4 heavy (non-hydrogen) atoms. The van der Waals surface area contributed by atoms with Crippen LogP contribution >= 0.6 is 0 Å². The van der Waals surface area contributed by atoms with Gasteiger partial charge in [0.05, 0.1) is 0 Å². The summed E-state index contributed by atoms with van der Waals surface area (Å²) in [4.78, 5) is 0. The van der Waals surface area contributed by atoms with Crippen molar-refractivity contribution in [3.63, 3.8) is 0 Å². The maximum Gasteiger partial charge on any atom is 2.00 e. The van der Waals surface area contributed by atoms with Crippen molar-refractivity contribution in [2.45, 2.75) is 6.92 Å². The van der Waals surface area contributed by atoms with Crippen molar-refractivity contribution in [1.29, 1.82) is 0 Å². The summed E-state index contributed by atoms with van der Waals surface area (Å²) in [5.74, 6) is 0. The van der Waals surface area contributed by atoms with E-state index in [0.717, 1.165) is 0 Å². The predicted octanol–water partition coefficient (Wildman–Crippen LogP) is 1.29. The minimum Gasteiger partial charge on any atom is -0.358 e. The smallest absolute Gasteiger partial charge is 0.358 e. The first-order valence-electron chi connectivity index (χ1n) is 0.707. The van der Waals surface area contributed by atoms with Crippen LogP contribution in [0.5, 0.6) is 0 Å². The van der Waals surface area contributed by atoms with Crippen molar-refractivity contribution in [1.82, 2.24) is 0 Å². The first-order chi connectivity index (χ1) is 1.00. The molecule has 0 saturated heterocycles. The molecule has 0 N–H and O–H groups in total. The SMILES string of the molecule is [CH2-]C.[CH3-].[Ni+2]. The van der Waals surface area contributed by atoms with Crippen molar-refractivity contribution >= 4 is 0 Å². The van der Waals surface area contributed by atoms with E-state index in [2.05, 4.69) is 6.92 Å². The molecular weight excluding hydrogens is 94.7 g/mol. The Hall–Kier alpha value is 0.494. The Morgan fingerprint density at radius 3 is 1.25 bits per heavy atom. The minimum absolute atomic E-state index is 0. The molecule has 0 aromatic rings. The van der Waals surface area contributed by atoms with Crippen LogP contribution in [-0.4, -0.2) is 0 Å². The predicted molar refractivity (Wildman–Crippen MR) is 17.4 cm³/mol. The van der Waals surface area contributed by atoms with Crippen molar-refractivity contribution in [2.75, 3.05) is 0 Å². The Labute approximate surface area is 38.5 Å². The summed E-state index contributed by atoms with van der Waals surface area (Å²) in [5.41, 5.74) is 0. The van der Waals surface area contributed by atoms with Gasteiger partial charge in [0.25, 0.3) is 0 Å². The Bertz CT molecular complexity index is 3.25. The van der Waals surface area contributed by atoms with E-state index in [1.165, 1.54) is 0 Å². The third-order valence-electron chi connectivity index (χ3n) is 0. The first kappa shape index (κ1) is 24.6. The Morgan fingerprint density at radius 2 is 1.25 bits per heavy atom. The van der Waals surface area contributed by atoms with Gasteiger partial charge < -0.3 is 14.4 Å². The summed E-state index contributed by atoms with van der Waals surface area (Å²) in [6, 6.07) is 0. The molecule has 0 spiro atoms. The molecule has 0 aliphatic rings. The van der Waals surface area contributed by atoms with Crippen LogP contribution in [0.2, 0.25) is 0 Å². The van der Waals surface area contributed by atoms with E-state index in [-0.39, 0.29) is 23.9 Å². The van der Waals surface area contributed by atoms with E-state index >= 15 is 0 Å². The molecule has 0 aromatic heterocycles. The van der Waals surface area contributed by atoms with Gasteiger partial charge in [-0.2, -0.15) is 6.92 Å². The van der Waals surface area contributed by atoms with Crippen LogP contribution in [0.15, 0.2) is 0 Å². The Balaban J connectivity index is -0.00000000500. The molecule has 0 atom stereocenters. The summed E-state index contributed by atoms with van der Waals surface area (Å²) in [5, 5.41) is 0. The molecule has 0 bridgehead atoms. The molecule has 0 fully saturated rings. The van der Waals surface area contributed by atoms with Crippen LogP contribution in [0.1, 0.15) is 6.92 Å². The van der Waals surface area contributed by atoms with Gasteiger partial charge in [-0.15, -0.1) is 0 Å². The molecule has 0 aliphatic carbocycles. The van der Waals surface area contributed by atoms with E-state index < -0.39 is 0 Å². The van der Waals surface area contributed by atoms with Crippen LogP contribution < -0.4 is 0 Å². The normalized spacial score (nSPS) is 1.50. The Morgan fingerprint density at radius 1 is 1.25 bits per heavy atom. The molecule has 0 saturated carbocycles. The second-order valence-corrected chi connectivity index (χ2v) is 0. The van der Waals surface area contributed by atoms with Gasteiger partial charge in [0.1, 0.15) is 0 Å². The number of hydrogen-bond acceptors (Lipinski definition) is 0. The fourth-order valence-electron chi connectivity index (χ4n) is 0. The monoisotopic (exact) mass is 102 g/mol. The van der Waals surface area contributed by atoms with E-state index in [0.29, 0.717) is 0 Å². The quantitative estimate of drug-likeness (QED) is 0.320. The maximum atomic E-state index is 3.25. The average Bonchev–Trinajstić information content (AvgIpc) is 1.00. The van der Waals surface area contributed by atoms with Crippen LogP contribution in [0.25, 0.3) is 0 Å². The molecule has 0 amide bonds. The van der Waals surface area contributed by atoms with Crippen molar-refractivity contribution in [3.05, 3.63) is 14.4 Å². The number of rotatable bonds is 0. The summed E-state index contributed by atoms with van der Waals surface area (Å²) in [6.07, 6.45) is 0. The minimum atomic E-state index is 0. The summed E-state index contributed by atoms with van der Waals surface area (Å²) >= 11 is 0. The van der Waals surface area contributed by atoms with Crippen molar-refractivity contribution in [2.24, 2.45) is 0 Å². The fourth-order valence-corrected chi connectivity index (χ4v) is 0. The van der Waals surface area contributed by atoms with Gasteiger partial charge in [-0.05, 0) is 0 Å². The second kappa shape index (κ2) is 89.2. The van der Waals surface area contributed by atoms with Gasteiger partial charge in [-0.3, -0.25) is 0 Å². The summed E-state index contributed by atoms with van der Waals surface area (Å²) < 4.78 is 0. The molecule has 30 valence electrons. The van der Waals surface area contributed by atoms with Crippen LogP contribution in [0.3, 0.4) is 0 Å². The van der Waals surface area contributed by atoms with E-state index in [4.69, 9.17) is 0 Å².